The van der Waals surface area contributed by atoms with E-state index in [-0.39, 0.29) is 0 Å². The van der Waals surface area contributed by atoms with Gasteiger partial charge in [-0.3, -0.25) is 4.68 Å². The van der Waals surface area contributed by atoms with Gasteiger partial charge in [0.15, 0.2) is 0 Å². The quantitative estimate of drug-likeness (QED) is 0.910. The highest BCUT2D eigenvalue weighted by Gasteiger charge is 2.18. The lowest BCUT2D eigenvalue weighted by molar-refractivity contribution is 0.507. The van der Waals surface area contributed by atoms with Crippen LogP contribution in [0, 0.1) is 0 Å². The lowest BCUT2D eigenvalue weighted by Crippen LogP contribution is -2.24. The maximum absolute atomic E-state index is 4.19. The van der Waals surface area contributed by atoms with Crippen molar-refractivity contribution in [1.82, 2.24) is 15.1 Å². The molecule has 1 heterocycles. The molecule has 1 N–H and O–H groups in total. The van der Waals surface area contributed by atoms with Crippen molar-refractivity contribution in [2.45, 2.75) is 31.7 Å². The van der Waals surface area contributed by atoms with E-state index in [1.165, 1.54) is 24.8 Å². The summed E-state index contributed by atoms with van der Waals surface area (Å²) in [7, 11) is 1.96. The van der Waals surface area contributed by atoms with Crippen LogP contribution in [-0.2, 0) is 20.0 Å². The Balaban J connectivity index is 1.59. The molecule has 1 aliphatic carbocycles. The molecule has 1 unspecified atom stereocenters. The van der Waals surface area contributed by atoms with Crippen LogP contribution in [0.5, 0.6) is 0 Å². The fraction of sp³-hybridized carbons (Fsp3) is 0.438. The Kier molecular flexibility index (Phi) is 3.65. The SMILES string of the molecule is Cn1cc(CNCC2CCCc3ccccc32)cn1. The van der Waals surface area contributed by atoms with E-state index in [9.17, 15) is 0 Å². The molecule has 0 spiro atoms. The highest BCUT2D eigenvalue weighted by Crippen LogP contribution is 2.30. The van der Waals surface area contributed by atoms with Crippen molar-refractivity contribution in [1.29, 1.82) is 0 Å². The summed E-state index contributed by atoms with van der Waals surface area (Å²) >= 11 is 0. The number of aryl methyl sites for hydroxylation is 2. The normalized spacial score (nSPS) is 18.3. The predicted octanol–water partition coefficient (Wildman–Crippen LogP) is 2.63. The molecular formula is C16H21N3. The lowest BCUT2D eigenvalue weighted by Gasteiger charge is -2.25. The number of benzene rings is 1. The van der Waals surface area contributed by atoms with E-state index in [1.54, 1.807) is 11.1 Å². The monoisotopic (exact) mass is 255 g/mol. The molecule has 3 heteroatoms. The molecule has 0 bridgehead atoms. The second-order valence-electron chi connectivity index (χ2n) is 5.44. The van der Waals surface area contributed by atoms with Crippen molar-refractivity contribution in [3.8, 4) is 0 Å². The van der Waals surface area contributed by atoms with Crippen molar-refractivity contribution >= 4 is 0 Å². The average Bonchev–Trinajstić information content (AvgIpc) is 2.85. The first-order chi connectivity index (χ1) is 9.33. The minimum absolute atomic E-state index is 0.668. The highest BCUT2D eigenvalue weighted by atomic mass is 15.2. The largest absolute Gasteiger partial charge is 0.312 e. The summed E-state index contributed by atoms with van der Waals surface area (Å²) in [6.07, 6.45) is 7.87. The van der Waals surface area contributed by atoms with Crippen LogP contribution in [0.2, 0.25) is 0 Å². The molecule has 0 aliphatic heterocycles. The smallest absolute Gasteiger partial charge is 0.0534 e. The molecule has 0 radical (unpaired) electrons. The van der Waals surface area contributed by atoms with Gasteiger partial charge in [0.1, 0.15) is 0 Å². The minimum Gasteiger partial charge on any atom is -0.312 e. The number of hydrogen-bond donors (Lipinski definition) is 1. The topological polar surface area (TPSA) is 29.9 Å². The fourth-order valence-electron chi connectivity index (χ4n) is 3.02. The van der Waals surface area contributed by atoms with Gasteiger partial charge < -0.3 is 5.32 Å². The Hall–Kier alpha value is -1.61. The maximum atomic E-state index is 4.19. The summed E-state index contributed by atoms with van der Waals surface area (Å²) in [6, 6.07) is 8.90. The van der Waals surface area contributed by atoms with Crippen LogP contribution in [0.1, 0.15) is 35.4 Å². The molecule has 1 aliphatic rings. The second kappa shape index (κ2) is 5.57. The Morgan fingerprint density at radius 1 is 1.37 bits per heavy atom. The molecule has 1 aromatic heterocycles. The average molecular weight is 255 g/mol. The van der Waals surface area contributed by atoms with E-state index in [4.69, 9.17) is 0 Å². The molecule has 0 saturated carbocycles. The molecule has 100 valence electrons. The Morgan fingerprint density at radius 2 is 2.26 bits per heavy atom. The Morgan fingerprint density at radius 3 is 3.11 bits per heavy atom. The number of rotatable bonds is 4. The van der Waals surface area contributed by atoms with Crippen LogP contribution >= 0.6 is 0 Å². The molecule has 1 aromatic carbocycles. The van der Waals surface area contributed by atoms with Crippen LogP contribution < -0.4 is 5.32 Å². The standard InChI is InChI=1S/C16H21N3/c1-19-12-13(10-18-19)9-17-11-15-7-4-6-14-5-2-3-8-16(14)15/h2-3,5,8,10,12,15,17H,4,6-7,9,11H2,1H3. The molecule has 2 aromatic rings. The van der Waals surface area contributed by atoms with Gasteiger partial charge in [0.05, 0.1) is 6.20 Å². The molecule has 3 rings (SSSR count). The third-order valence-corrected chi connectivity index (χ3v) is 3.97. The van der Waals surface area contributed by atoms with Crippen LogP contribution in [-0.4, -0.2) is 16.3 Å². The van der Waals surface area contributed by atoms with E-state index in [2.05, 4.69) is 40.9 Å². The van der Waals surface area contributed by atoms with Crippen molar-refractivity contribution in [3.05, 3.63) is 53.3 Å². The van der Waals surface area contributed by atoms with Gasteiger partial charge in [-0.25, -0.2) is 0 Å². The van der Waals surface area contributed by atoms with Gasteiger partial charge >= 0.3 is 0 Å². The molecule has 3 nitrogen and oxygen atoms in total. The summed E-state index contributed by atoms with van der Waals surface area (Å²) in [4.78, 5) is 0. The van der Waals surface area contributed by atoms with Gasteiger partial charge in [0, 0.05) is 31.9 Å². The molecule has 1 atom stereocenters. The molecule has 0 amide bonds. The number of hydrogen-bond acceptors (Lipinski definition) is 2. The van der Waals surface area contributed by atoms with E-state index < -0.39 is 0 Å². The number of nitrogens with zero attached hydrogens (tertiary/aromatic N) is 2. The van der Waals surface area contributed by atoms with E-state index in [0.717, 1.165) is 13.1 Å². The zero-order valence-corrected chi connectivity index (χ0v) is 11.5. The van der Waals surface area contributed by atoms with Crippen LogP contribution in [0.15, 0.2) is 36.7 Å². The molecule has 19 heavy (non-hydrogen) atoms. The predicted molar refractivity (Wildman–Crippen MR) is 77.0 cm³/mol. The summed E-state index contributed by atoms with van der Waals surface area (Å²) in [5.74, 6) is 0.668. The zero-order valence-electron chi connectivity index (χ0n) is 11.5. The van der Waals surface area contributed by atoms with Crippen molar-refractivity contribution in [2.24, 2.45) is 7.05 Å². The van der Waals surface area contributed by atoms with Gasteiger partial charge in [-0.2, -0.15) is 5.10 Å². The summed E-state index contributed by atoms with van der Waals surface area (Å²) < 4.78 is 1.85. The first-order valence-electron chi connectivity index (χ1n) is 7.09. The Labute approximate surface area is 114 Å². The van der Waals surface area contributed by atoms with Gasteiger partial charge in [-0.05, 0) is 36.3 Å². The second-order valence-corrected chi connectivity index (χ2v) is 5.44. The third kappa shape index (κ3) is 2.87. The van der Waals surface area contributed by atoms with E-state index in [1.807, 2.05) is 17.9 Å². The lowest BCUT2D eigenvalue weighted by atomic mass is 9.83. The molecule has 0 saturated heterocycles. The number of fused-ring (bicyclic) bond motifs is 1. The minimum atomic E-state index is 0.668. The maximum Gasteiger partial charge on any atom is 0.0534 e. The Bertz CT molecular complexity index is 544. The van der Waals surface area contributed by atoms with Crippen LogP contribution in [0.25, 0.3) is 0 Å². The molecule has 0 fully saturated rings. The number of aromatic nitrogens is 2. The van der Waals surface area contributed by atoms with Gasteiger partial charge in [0.2, 0.25) is 0 Å². The molecular weight excluding hydrogens is 234 g/mol. The first-order valence-corrected chi connectivity index (χ1v) is 7.09. The highest BCUT2D eigenvalue weighted by molar-refractivity contribution is 5.32. The number of nitrogens with one attached hydrogen (secondary N) is 1. The summed E-state index contributed by atoms with van der Waals surface area (Å²) in [6.45, 7) is 1.97. The van der Waals surface area contributed by atoms with E-state index >= 15 is 0 Å². The summed E-state index contributed by atoms with van der Waals surface area (Å²) in [5.41, 5.74) is 4.35. The summed E-state index contributed by atoms with van der Waals surface area (Å²) in [5, 5.41) is 7.77. The van der Waals surface area contributed by atoms with Gasteiger partial charge in [0.25, 0.3) is 0 Å². The van der Waals surface area contributed by atoms with Gasteiger partial charge in [-0.1, -0.05) is 24.3 Å². The van der Waals surface area contributed by atoms with Gasteiger partial charge in [-0.15, -0.1) is 0 Å². The first kappa shape index (κ1) is 12.4. The van der Waals surface area contributed by atoms with Crippen molar-refractivity contribution < 1.29 is 0 Å². The van der Waals surface area contributed by atoms with Crippen molar-refractivity contribution in [3.63, 3.8) is 0 Å². The van der Waals surface area contributed by atoms with Crippen LogP contribution in [0.4, 0.5) is 0 Å². The zero-order chi connectivity index (χ0) is 13.1. The van der Waals surface area contributed by atoms with Crippen molar-refractivity contribution in [2.75, 3.05) is 6.54 Å². The van der Waals surface area contributed by atoms with Crippen LogP contribution in [0.3, 0.4) is 0 Å². The third-order valence-electron chi connectivity index (χ3n) is 3.97. The van der Waals surface area contributed by atoms with E-state index in [0.29, 0.717) is 5.92 Å². The fourth-order valence-corrected chi connectivity index (χ4v) is 3.02.